The molecule has 0 saturated carbocycles. The average Bonchev–Trinajstić information content (AvgIpc) is 2.81. The number of hydrogen-bond donors (Lipinski definition) is 2. The van der Waals surface area contributed by atoms with E-state index < -0.39 is 11.7 Å². The molecule has 0 radical (unpaired) electrons. The van der Waals surface area contributed by atoms with Crippen molar-refractivity contribution < 1.29 is 13.7 Å². The highest BCUT2D eigenvalue weighted by Crippen LogP contribution is 2.21. The second kappa shape index (κ2) is 4.20. The smallest absolute Gasteiger partial charge is 0.292 e. The minimum absolute atomic E-state index is 0.0257. The van der Waals surface area contributed by atoms with Gasteiger partial charge in [-0.05, 0) is 18.2 Å². The first-order chi connectivity index (χ1) is 8.11. The molecule has 0 saturated heterocycles. The number of nitrogens with zero attached hydrogens (tertiary/aromatic N) is 2. The van der Waals surface area contributed by atoms with Crippen LogP contribution < -0.4 is 11.1 Å². The fourth-order valence-electron chi connectivity index (χ4n) is 1.22. The van der Waals surface area contributed by atoms with Gasteiger partial charge in [0.05, 0.1) is 5.69 Å². The number of nitrogens with two attached hydrogens (primary N) is 1. The average molecular weight is 236 g/mol. The lowest BCUT2D eigenvalue weighted by Crippen LogP contribution is -2.19. The number of aromatic nitrogens is 2. The number of rotatable bonds is 2. The third-order valence-electron chi connectivity index (χ3n) is 2.10. The molecular formula is C10H9FN4O2. The van der Waals surface area contributed by atoms with Crippen molar-refractivity contribution in [1.29, 1.82) is 0 Å². The Bertz CT molecular complexity index is 567. The molecule has 2 aromatic rings. The highest BCUT2D eigenvalue weighted by atomic mass is 19.1. The van der Waals surface area contributed by atoms with Crippen LogP contribution in [-0.4, -0.2) is 23.1 Å². The number of carbonyl (C=O) groups excluding carboxylic acids is 1. The van der Waals surface area contributed by atoms with Gasteiger partial charge in [-0.2, -0.15) is 4.98 Å². The maximum absolute atomic E-state index is 12.9. The van der Waals surface area contributed by atoms with Crippen LogP contribution in [0.2, 0.25) is 0 Å². The van der Waals surface area contributed by atoms with Crippen LogP contribution in [0, 0.1) is 5.82 Å². The summed E-state index contributed by atoms with van der Waals surface area (Å²) >= 11 is 0. The Morgan fingerprint density at radius 1 is 1.53 bits per heavy atom. The summed E-state index contributed by atoms with van der Waals surface area (Å²) in [5.41, 5.74) is 5.83. The van der Waals surface area contributed by atoms with Crippen LogP contribution >= 0.6 is 0 Å². The minimum atomic E-state index is -0.528. The Kier molecular flexibility index (Phi) is 2.73. The highest BCUT2D eigenvalue weighted by Gasteiger charge is 2.14. The molecule has 1 heterocycles. The lowest BCUT2D eigenvalue weighted by molar-refractivity contribution is 0.0950. The van der Waals surface area contributed by atoms with Gasteiger partial charge in [-0.15, -0.1) is 0 Å². The van der Waals surface area contributed by atoms with Gasteiger partial charge in [0.1, 0.15) is 5.82 Å². The number of hydrogen-bond acceptors (Lipinski definition) is 5. The lowest BCUT2D eigenvalue weighted by atomic mass is 10.2. The maximum Gasteiger partial charge on any atom is 0.292 e. The van der Waals surface area contributed by atoms with Gasteiger partial charge in [0.2, 0.25) is 0 Å². The van der Waals surface area contributed by atoms with E-state index in [9.17, 15) is 9.18 Å². The molecule has 7 heteroatoms. The number of nitrogens with one attached hydrogen (secondary N) is 1. The van der Waals surface area contributed by atoms with Crippen LogP contribution in [0.1, 0.15) is 10.6 Å². The topological polar surface area (TPSA) is 94.0 Å². The van der Waals surface area contributed by atoms with E-state index in [1.54, 1.807) is 0 Å². The second-order valence-corrected chi connectivity index (χ2v) is 3.24. The summed E-state index contributed by atoms with van der Waals surface area (Å²) in [4.78, 5) is 15.1. The van der Waals surface area contributed by atoms with Crippen molar-refractivity contribution in [3.63, 3.8) is 0 Å². The Hall–Kier alpha value is -2.44. The van der Waals surface area contributed by atoms with Gasteiger partial charge in [-0.25, -0.2) is 4.39 Å². The molecule has 3 N–H and O–H groups in total. The van der Waals surface area contributed by atoms with Crippen LogP contribution in [0.3, 0.4) is 0 Å². The van der Waals surface area contributed by atoms with Crippen LogP contribution in [0.25, 0.3) is 11.5 Å². The van der Waals surface area contributed by atoms with Gasteiger partial charge in [0, 0.05) is 12.6 Å². The molecular weight excluding hydrogens is 227 g/mol. The zero-order valence-electron chi connectivity index (χ0n) is 8.90. The maximum atomic E-state index is 12.9. The molecule has 0 bridgehead atoms. The number of benzene rings is 1. The zero-order valence-corrected chi connectivity index (χ0v) is 8.90. The van der Waals surface area contributed by atoms with E-state index >= 15 is 0 Å². The molecule has 17 heavy (non-hydrogen) atoms. The minimum Gasteiger partial charge on any atom is -0.396 e. The first kappa shape index (κ1) is 11.1. The van der Waals surface area contributed by atoms with Crippen molar-refractivity contribution in [3.05, 3.63) is 29.8 Å². The molecule has 0 aliphatic carbocycles. The molecule has 0 spiro atoms. The fraction of sp³-hybridized carbons (Fsp3) is 0.100. The fourth-order valence-corrected chi connectivity index (χ4v) is 1.22. The van der Waals surface area contributed by atoms with Crippen molar-refractivity contribution in [3.8, 4) is 11.5 Å². The summed E-state index contributed by atoms with van der Waals surface area (Å²) < 4.78 is 17.8. The quantitative estimate of drug-likeness (QED) is 0.753. The Morgan fingerprint density at radius 3 is 2.94 bits per heavy atom. The Morgan fingerprint density at radius 2 is 2.29 bits per heavy atom. The van der Waals surface area contributed by atoms with Gasteiger partial charge in [0.15, 0.2) is 0 Å². The van der Waals surface area contributed by atoms with Crippen LogP contribution in [0.5, 0.6) is 0 Å². The lowest BCUT2D eigenvalue weighted by Gasteiger charge is -1.97. The molecule has 0 unspecified atom stereocenters. The van der Waals surface area contributed by atoms with Gasteiger partial charge in [-0.1, -0.05) is 5.16 Å². The van der Waals surface area contributed by atoms with Crippen molar-refractivity contribution in [2.75, 3.05) is 12.8 Å². The molecule has 0 atom stereocenters. The first-order valence-corrected chi connectivity index (χ1v) is 4.73. The van der Waals surface area contributed by atoms with Gasteiger partial charge >= 0.3 is 0 Å². The number of anilines is 1. The number of carbonyl (C=O) groups is 1. The molecule has 0 aliphatic heterocycles. The van der Waals surface area contributed by atoms with E-state index in [0.29, 0.717) is 5.56 Å². The third-order valence-corrected chi connectivity index (χ3v) is 2.10. The molecule has 0 fully saturated rings. The zero-order chi connectivity index (χ0) is 12.4. The molecule has 2 rings (SSSR count). The summed E-state index contributed by atoms with van der Waals surface area (Å²) in [6.45, 7) is 0. The van der Waals surface area contributed by atoms with Crippen molar-refractivity contribution in [2.24, 2.45) is 0 Å². The van der Waals surface area contributed by atoms with E-state index in [1.807, 2.05) is 0 Å². The number of amides is 1. The van der Waals surface area contributed by atoms with Crippen molar-refractivity contribution >= 4 is 11.6 Å². The normalized spacial score (nSPS) is 10.2. The van der Waals surface area contributed by atoms with Crippen LogP contribution in [-0.2, 0) is 0 Å². The summed E-state index contributed by atoms with van der Waals surface area (Å²) in [5.74, 6) is -0.976. The Balaban J connectivity index is 2.37. The van der Waals surface area contributed by atoms with Gasteiger partial charge in [-0.3, -0.25) is 4.79 Å². The van der Waals surface area contributed by atoms with Crippen molar-refractivity contribution in [1.82, 2.24) is 15.5 Å². The van der Waals surface area contributed by atoms with Gasteiger partial charge < -0.3 is 15.6 Å². The molecule has 1 amide bonds. The number of halogens is 1. The summed E-state index contributed by atoms with van der Waals surface area (Å²) in [6.07, 6.45) is 0. The predicted octanol–water partition coefficient (Wildman–Crippen LogP) is 0.818. The van der Waals surface area contributed by atoms with Crippen molar-refractivity contribution in [2.45, 2.75) is 0 Å². The molecule has 6 nitrogen and oxygen atoms in total. The molecule has 0 aliphatic rings. The van der Waals surface area contributed by atoms with E-state index in [4.69, 9.17) is 10.3 Å². The monoisotopic (exact) mass is 236 g/mol. The highest BCUT2D eigenvalue weighted by molar-refractivity contribution is 5.90. The number of nitrogen functional groups attached to an aromatic ring is 1. The van der Waals surface area contributed by atoms with E-state index in [2.05, 4.69) is 15.5 Å². The summed E-state index contributed by atoms with van der Waals surface area (Å²) in [6, 6.07) is 3.98. The largest absolute Gasteiger partial charge is 0.396 e. The summed E-state index contributed by atoms with van der Waals surface area (Å²) in [5, 5.41) is 5.84. The first-order valence-electron chi connectivity index (χ1n) is 4.73. The van der Waals surface area contributed by atoms with E-state index in [-0.39, 0.29) is 17.4 Å². The second-order valence-electron chi connectivity index (χ2n) is 3.24. The predicted molar refractivity (Wildman–Crippen MR) is 57.5 cm³/mol. The summed E-state index contributed by atoms with van der Waals surface area (Å²) in [7, 11) is 1.45. The molecule has 1 aromatic carbocycles. The van der Waals surface area contributed by atoms with Crippen LogP contribution in [0.15, 0.2) is 22.7 Å². The van der Waals surface area contributed by atoms with Crippen LogP contribution in [0.4, 0.5) is 10.1 Å². The molecule has 88 valence electrons. The standard InChI is InChI=1S/C10H9FN4O2/c1-13-9(16)8-14-10(17-15-8)5-2-3-6(11)7(12)4-5/h2-4H,12H2,1H3,(H,13,16). The van der Waals surface area contributed by atoms with Gasteiger partial charge in [0.25, 0.3) is 17.6 Å². The third kappa shape index (κ3) is 2.07. The Labute approximate surface area is 95.6 Å². The van der Waals surface area contributed by atoms with E-state index in [0.717, 1.165) is 0 Å². The SMILES string of the molecule is CNC(=O)c1noc(-c2ccc(F)c(N)c2)n1. The molecule has 1 aromatic heterocycles. The van der Waals surface area contributed by atoms with E-state index in [1.165, 1.54) is 25.2 Å².